The Morgan fingerprint density at radius 3 is 2.11 bits per heavy atom. The second-order valence-electron chi connectivity index (χ2n) is 4.36. The normalized spacial score (nSPS) is 12.5. The van der Waals surface area contributed by atoms with E-state index >= 15 is 0 Å². The van der Waals surface area contributed by atoms with Gasteiger partial charge in [-0.3, -0.25) is 0 Å². The molecule has 0 aliphatic heterocycles. The molecule has 0 saturated carbocycles. The number of aryl methyl sites for hydroxylation is 2. The fourth-order valence-electron chi connectivity index (χ4n) is 2.02. The molecule has 0 spiro atoms. The van der Waals surface area contributed by atoms with Crippen molar-refractivity contribution in [2.24, 2.45) is 0 Å². The minimum atomic E-state index is -0.327. The van der Waals surface area contributed by atoms with Gasteiger partial charge in [0.15, 0.2) is 0 Å². The Kier molecular flexibility index (Phi) is 4.21. The number of rotatable bonds is 2. The Morgan fingerprint density at radius 1 is 0.944 bits per heavy atom. The third kappa shape index (κ3) is 2.66. The van der Waals surface area contributed by atoms with Gasteiger partial charge < -0.3 is 0 Å². The first-order valence-corrected chi connectivity index (χ1v) is 6.85. The molecule has 2 aromatic carbocycles. The second kappa shape index (κ2) is 5.52. The van der Waals surface area contributed by atoms with Crippen molar-refractivity contribution in [3.8, 4) is 0 Å². The van der Waals surface area contributed by atoms with Gasteiger partial charge in [-0.25, -0.2) is 0 Å². The summed E-state index contributed by atoms with van der Waals surface area (Å²) >= 11 is 18.9. The van der Waals surface area contributed by atoms with E-state index in [1.54, 1.807) is 0 Å². The molecule has 0 aliphatic carbocycles. The summed E-state index contributed by atoms with van der Waals surface area (Å²) in [5, 5.41) is 0.872. The molecule has 0 fully saturated rings. The summed E-state index contributed by atoms with van der Waals surface area (Å²) in [7, 11) is 0. The summed E-state index contributed by atoms with van der Waals surface area (Å²) < 4.78 is 0. The fraction of sp³-hybridized carbons (Fsp3) is 0.200. The molecular formula is C15H13Cl3. The van der Waals surface area contributed by atoms with Gasteiger partial charge in [-0.05, 0) is 37.1 Å². The van der Waals surface area contributed by atoms with Gasteiger partial charge in [0.2, 0.25) is 0 Å². The summed E-state index contributed by atoms with van der Waals surface area (Å²) in [6, 6.07) is 11.6. The number of hydrogen-bond donors (Lipinski definition) is 0. The van der Waals surface area contributed by atoms with Crippen LogP contribution in [-0.4, -0.2) is 0 Å². The zero-order valence-corrected chi connectivity index (χ0v) is 12.4. The maximum atomic E-state index is 6.53. The average Bonchev–Trinajstić information content (AvgIpc) is 2.28. The van der Waals surface area contributed by atoms with Gasteiger partial charge in [-0.2, -0.15) is 0 Å². The van der Waals surface area contributed by atoms with Gasteiger partial charge in [0.05, 0.1) is 5.38 Å². The Bertz CT molecular complexity index is 556. The van der Waals surface area contributed by atoms with Gasteiger partial charge in [0.25, 0.3) is 0 Å². The zero-order valence-electron chi connectivity index (χ0n) is 10.2. The van der Waals surface area contributed by atoms with E-state index in [0.29, 0.717) is 10.0 Å². The van der Waals surface area contributed by atoms with E-state index in [1.165, 1.54) is 5.56 Å². The third-order valence-corrected chi connectivity index (χ3v) is 4.06. The highest BCUT2D eigenvalue weighted by Crippen LogP contribution is 2.39. The second-order valence-corrected chi connectivity index (χ2v) is 5.61. The summed E-state index contributed by atoms with van der Waals surface area (Å²) in [5.41, 5.74) is 4.17. The lowest BCUT2D eigenvalue weighted by atomic mass is 9.98. The highest BCUT2D eigenvalue weighted by molar-refractivity contribution is 6.38. The summed E-state index contributed by atoms with van der Waals surface area (Å²) in [5.74, 6) is 0. The van der Waals surface area contributed by atoms with E-state index in [1.807, 2.05) is 37.3 Å². The largest absolute Gasteiger partial charge is 0.112 e. The van der Waals surface area contributed by atoms with Crippen molar-refractivity contribution >= 4 is 34.8 Å². The fourth-order valence-corrected chi connectivity index (χ4v) is 3.23. The van der Waals surface area contributed by atoms with Crippen molar-refractivity contribution in [3.05, 3.63) is 68.7 Å². The summed E-state index contributed by atoms with van der Waals surface area (Å²) in [4.78, 5) is 0. The molecule has 94 valence electrons. The van der Waals surface area contributed by atoms with E-state index in [4.69, 9.17) is 34.8 Å². The molecule has 0 heterocycles. The molecule has 0 N–H and O–H groups in total. The van der Waals surface area contributed by atoms with Crippen LogP contribution in [-0.2, 0) is 0 Å². The Balaban J connectivity index is 2.51. The highest BCUT2D eigenvalue weighted by Gasteiger charge is 2.19. The van der Waals surface area contributed by atoms with Gasteiger partial charge in [0.1, 0.15) is 0 Å². The highest BCUT2D eigenvalue weighted by atomic mass is 35.5. The molecule has 3 heteroatoms. The molecule has 1 atom stereocenters. The Hall–Kier alpha value is -0.690. The van der Waals surface area contributed by atoms with E-state index in [9.17, 15) is 0 Å². The molecule has 18 heavy (non-hydrogen) atoms. The van der Waals surface area contributed by atoms with Crippen LogP contribution < -0.4 is 0 Å². The first kappa shape index (κ1) is 13.7. The molecular weight excluding hydrogens is 287 g/mol. The average molecular weight is 300 g/mol. The van der Waals surface area contributed by atoms with Crippen LogP contribution in [0.2, 0.25) is 10.0 Å². The SMILES string of the molecule is Cc1ccc(C(Cl)c2c(Cl)cccc2Cl)c(C)c1. The molecule has 0 radical (unpaired) electrons. The van der Waals surface area contributed by atoms with Gasteiger partial charge >= 0.3 is 0 Å². The Labute approximate surface area is 122 Å². The lowest BCUT2D eigenvalue weighted by Gasteiger charge is -2.16. The van der Waals surface area contributed by atoms with Crippen LogP contribution in [0.5, 0.6) is 0 Å². The predicted octanol–water partition coefficient (Wildman–Crippen LogP) is 5.94. The Morgan fingerprint density at radius 2 is 1.56 bits per heavy atom. The van der Waals surface area contributed by atoms with Crippen LogP contribution in [0.15, 0.2) is 36.4 Å². The van der Waals surface area contributed by atoms with E-state index in [-0.39, 0.29) is 5.38 Å². The first-order valence-electron chi connectivity index (χ1n) is 5.66. The lowest BCUT2D eigenvalue weighted by molar-refractivity contribution is 1.10. The number of alkyl halides is 1. The quantitative estimate of drug-likeness (QED) is 0.602. The van der Waals surface area contributed by atoms with Crippen molar-refractivity contribution in [2.45, 2.75) is 19.2 Å². The predicted molar refractivity (Wildman–Crippen MR) is 80.1 cm³/mol. The minimum Gasteiger partial charge on any atom is -0.112 e. The molecule has 0 amide bonds. The van der Waals surface area contributed by atoms with Crippen LogP contribution in [0.4, 0.5) is 0 Å². The van der Waals surface area contributed by atoms with Crippen LogP contribution in [0.3, 0.4) is 0 Å². The lowest BCUT2D eigenvalue weighted by Crippen LogP contribution is -1.98. The van der Waals surface area contributed by atoms with Crippen molar-refractivity contribution in [3.63, 3.8) is 0 Å². The number of benzene rings is 2. The van der Waals surface area contributed by atoms with Gasteiger partial charge in [0, 0.05) is 15.6 Å². The standard InChI is InChI=1S/C15H13Cl3/c1-9-6-7-11(10(2)8-9)15(18)14-12(16)4-3-5-13(14)17/h3-8,15H,1-2H3. The molecule has 0 aromatic heterocycles. The van der Waals surface area contributed by atoms with Crippen molar-refractivity contribution in [1.29, 1.82) is 0 Å². The smallest absolute Gasteiger partial charge is 0.0866 e. The molecule has 2 aromatic rings. The van der Waals surface area contributed by atoms with E-state index in [0.717, 1.165) is 16.7 Å². The maximum Gasteiger partial charge on any atom is 0.0866 e. The maximum absolute atomic E-state index is 6.53. The number of halogens is 3. The van der Waals surface area contributed by atoms with Crippen molar-refractivity contribution < 1.29 is 0 Å². The monoisotopic (exact) mass is 298 g/mol. The van der Waals surface area contributed by atoms with Crippen molar-refractivity contribution in [1.82, 2.24) is 0 Å². The topological polar surface area (TPSA) is 0 Å². The molecule has 1 unspecified atom stereocenters. The van der Waals surface area contributed by atoms with E-state index in [2.05, 4.69) is 13.0 Å². The summed E-state index contributed by atoms with van der Waals surface area (Å²) in [6.07, 6.45) is 0. The number of hydrogen-bond acceptors (Lipinski definition) is 0. The van der Waals surface area contributed by atoms with Crippen molar-refractivity contribution in [2.75, 3.05) is 0 Å². The molecule has 0 saturated heterocycles. The van der Waals surface area contributed by atoms with Gasteiger partial charge in [-0.15, -0.1) is 11.6 Å². The minimum absolute atomic E-state index is 0.327. The molecule has 0 aliphatic rings. The molecule has 0 bridgehead atoms. The van der Waals surface area contributed by atoms with Gasteiger partial charge in [-0.1, -0.05) is 53.0 Å². The third-order valence-electron chi connectivity index (χ3n) is 2.95. The summed E-state index contributed by atoms with van der Waals surface area (Å²) in [6.45, 7) is 4.10. The molecule has 0 nitrogen and oxygen atoms in total. The van der Waals surface area contributed by atoms with E-state index < -0.39 is 0 Å². The zero-order chi connectivity index (χ0) is 13.3. The molecule has 2 rings (SSSR count). The van der Waals surface area contributed by atoms with Crippen LogP contribution in [0, 0.1) is 13.8 Å². The van der Waals surface area contributed by atoms with Crippen LogP contribution in [0.25, 0.3) is 0 Å². The first-order chi connectivity index (χ1) is 8.50. The van der Waals surface area contributed by atoms with Crippen LogP contribution >= 0.6 is 34.8 Å². The van der Waals surface area contributed by atoms with Crippen LogP contribution in [0.1, 0.15) is 27.6 Å².